The number of hydrogen-bond donors (Lipinski definition) is 1. The van der Waals surface area contributed by atoms with Crippen LogP contribution in [-0.4, -0.2) is 23.6 Å². The van der Waals surface area contributed by atoms with Gasteiger partial charge in [-0.1, -0.05) is 42.5 Å². The summed E-state index contributed by atoms with van der Waals surface area (Å²) in [6.45, 7) is 0. The Hall–Kier alpha value is -1.87. The van der Waals surface area contributed by atoms with Gasteiger partial charge in [0, 0.05) is 18.9 Å². The second-order valence-corrected chi connectivity index (χ2v) is 4.73. The Morgan fingerprint density at radius 1 is 1.37 bits per heavy atom. The van der Waals surface area contributed by atoms with E-state index in [9.17, 15) is 9.90 Å². The molecule has 1 N–H and O–H groups in total. The van der Waals surface area contributed by atoms with Crippen molar-refractivity contribution < 1.29 is 14.6 Å². The molecular formula is C16H18O3. The number of carbonyl (C=O) groups excluding carboxylic acids is 1. The Morgan fingerprint density at radius 2 is 2.11 bits per heavy atom. The third-order valence-electron chi connectivity index (χ3n) is 3.32. The van der Waals surface area contributed by atoms with Gasteiger partial charge in [-0.15, -0.1) is 0 Å². The van der Waals surface area contributed by atoms with Crippen LogP contribution in [-0.2, 0) is 9.53 Å². The molecule has 0 saturated heterocycles. The third-order valence-corrected chi connectivity index (χ3v) is 3.32. The molecule has 0 bridgehead atoms. The van der Waals surface area contributed by atoms with Crippen molar-refractivity contribution in [3.8, 4) is 0 Å². The summed E-state index contributed by atoms with van der Waals surface area (Å²) in [5, 5.41) is 10.5. The van der Waals surface area contributed by atoms with Gasteiger partial charge in [-0.2, -0.15) is 0 Å². The number of hydrogen-bond acceptors (Lipinski definition) is 3. The van der Waals surface area contributed by atoms with Crippen molar-refractivity contribution in [1.82, 2.24) is 0 Å². The summed E-state index contributed by atoms with van der Waals surface area (Å²) in [4.78, 5) is 11.3. The molecule has 1 aliphatic rings. The average molecular weight is 258 g/mol. The van der Waals surface area contributed by atoms with E-state index in [1.165, 1.54) is 13.2 Å². The average Bonchev–Trinajstić information content (AvgIpc) is 2.43. The van der Waals surface area contributed by atoms with E-state index >= 15 is 0 Å². The lowest BCUT2D eigenvalue weighted by Gasteiger charge is -2.31. The Labute approximate surface area is 113 Å². The summed E-state index contributed by atoms with van der Waals surface area (Å²) in [5.41, 5.74) is 0.0226. The zero-order chi connectivity index (χ0) is 13.7. The molecule has 3 nitrogen and oxygen atoms in total. The fraction of sp³-hybridized carbons (Fsp3) is 0.312. The van der Waals surface area contributed by atoms with Crippen LogP contribution in [0, 0.1) is 0 Å². The van der Waals surface area contributed by atoms with Crippen molar-refractivity contribution in [2.24, 2.45) is 0 Å². The van der Waals surface area contributed by atoms with E-state index < -0.39 is 5.60 Å². The van der Waals surface area contributed by atoms with Crippen LogP contribution in [0.15, 0.2) is 48.2 Å². The van der Waals surface area contributed by atoms with Gasteiger partial charge in [-0.3, -0.25) is 4.79 Å². The van der Waals surface area contributed by atoms with Crippen molar-refractivity contribution >= 4 is 11.9 Å². The van der Waals surface area contributed by atoms with Crippen LogP contribution in [0.25, 0.3) is 6.08 Å². The Morgan fingerprint density at radius 3 is 2.79 bits per heavy atom. The first-order valence-corrected chi connectivity index (χ1v) is 6.37. The van der Waals surface area contributed by atoms with Crippen molar-refractivity contribution in [1.29, 1.82) is 0 Å². The third kappa shape index (κ3) is 3.32. The van der Waals surface area contributed by atoms with Gasteiger partial charge in [-0.25, -0.2) is 0 Å². The molecule has 0 saturated carbocycles. The molecule has 1 atom stereocenters. The van der Waals surface area contributed by atoms with Crippen LogP contribution < -0.4 is 0 Å². The molecule has 0 radical (unpaired) electrons. The normalized spacial score (nSPS) is 23.5. The lowest BCUT2D eigenvalue weighted by molar-refractivity contribution is -0.117. The smallest absolute Gasteiger partial charge is 0.159 e. The second kappa shape index (κ2) is 5.85. The minimum Gasteiger partial charge on any atom is -0.498 e. The largest absolute Gasteiger partial charge is 0.498 e. The van der Waals surface area contributed by atoms with Gasteiger partial charge >= 0.3 is 0 Å². The summed E-state index contributed by atoms with van der Waals surface area (Å²) >= 11 is 0. The molecular weight excluding hydrogens is 240 g/mol. The maximum Gasteiger partial charge on any atom is 0.159 e. The molecule has 19 heavy (non-hydrogen) atoms. The monoisotopic (exact) mass is 258 g/mol. The van der Waals surface area contributed by atoms with Crippen molar-refractivity contribution in [3.63, 3.8) is 0 Å². The molecule has 0 heterocycles. The second-order valence-electron chi connectivity index (χ2n) is 4.73. The SMILES string of the molecule is COC1=CC(=O)CCC1(O)C/C=C/c1ccccc1. The number of aliphatic hydroxyl groups is 1. The zero-order valence-electron chi connectivity index (χ0n) is 11.0. The van der Waals surface area contributed by atoms with Gasteiger partial charge in [0.15, 0.2) is 5.78 Å². The molecule has 0 spiro atoms. The molecule has 100 valence electrons. The number of carbonyl (C=O) groups is 1. The highest BCUT2D eigenvalue weighted by molar-refractivity contribution is 5.91. The Bertz CT molecular complexity index is 502. The maximum absolute atomic E-state index is 11.3. The maximum atomic E-state index is 11.3. The number of ether oxygens (including phenoxy) is 1. The van der Waals surface area contributed by atoms with Crippen LogP contribution in [0.4, 0.5) is 0 Å². The Balaban J connectivity index is 2.07. The standard InChI is InChI=1S/C16H18O3/c1-19-15-12-14(17)9-11-16(15,18)10-5-8-13-6-3-2-4-7-13/h2-8,12,18H,9-11H2,1H3/b8-5+. The van der Waals surface area contributed by atoms with Crippen LogP contribution in [0.1, 0.15) is 24.8 Å². The van der Waals surface area contributed by atoms with E-state index in [1.807, 2.05) is 42.5 Å². The highest BCUT2D eigenvalue weighted by Gasteiger charge is 2.35. The van der Waals surface area contributed by atoms with Gasteiger partial charge in [0.1, 0.15) is 11.4 Å². The number of benzene rings is 1. The van der Waals surface area contributed by atoms with E-state index in [-0.39, 0.29) is 5.78 Å². The molecule has 1 unspecified atom stereocenters. The minimum atomic E-state index is -1.06. The molecule has 1 aromatic carbocycles. The minimum absolute atomic E-state index is 0.00793. The van der Waals surface area contributed by atoms with Crippen LogP contribution in [0.3, 0.4) is 0 Å². The summed E-state index contributed by atoms with van der Waals surface area (Å²) in [7, 11) is 1.48. The summed E-state index contributed by atoms with van der Waals surface area (Å²) in [6.07, 6.45) is 6.49. The van der Waals surface area contributed by atoms with Crippen molar-refractivity contribution in [2.45, 2.75) is 24.9 Å². The van der Waals surface area contributed by atoms with E-state index in [1.54, 1.807) is 0 Å². The fourth-order valence-corrected chi connectivity index (χ4v) is 2.21. The first-order chi connectivity index (χ1) is 9.14. The number of ketones is 1. The van der Waals surface area contributed by atoms with Gasteiger partial charge < -0.3 is 9.84 Å². The van der Waals surface area contributed by atoms with E-state index in [2.05, 4.69) is 0 Å². The molecule has 0 aromatic heterocycles. The Kier molecular flexibility index (Phi) is 4.17. The first-order valence-electron chi connectivity index (χ1n) is 6.37. The molecule has 0 amide bonds. The number of methoxy groups -OCH3 is 1. The lowest BCUT2D eigenvalue weighted by atomic mass is 9.85. The first kappa shape index (κ1) is 13.6. The van der Waals surface area contributed by atoms with Gasteiger partial charge in [0.25, 0.3) is 0 Å². The van der Waals surface area contributed by atoms with E-state index in [0.29, 0.717) is 25.0 Å². The van der Waals surface area contributed by atoms with Gasteiger partial charge in [-0.05, 0) is 12.0 Å². The summed E-state index contributed by atoms with van der Waals surface area (Å²) in [6, 6.07) is 9.89. The highest BCUT2D eigenvalue weighted by Crippen LogP contribution is 2.31. The summed E-state index contributed by atoms with van der Waals surface area (Å²) in [5.74, 6) is 0.370. The van der Waals surface area contributed by atoms with Crippen LogP contribution in [0.2, 0.25) is 0 Å². The van der Waals surface area contributed by atoms with Crippen LogP contribution >= 0.6 is 0 Å². The number of rotatable bonds is 4. The topological polar surface area (TPSA) is 46.5 Å². The quantitative estimate of drug-likeness (QED) is 0.903. The molecule has 2 rings (SSSR count). The van der Waals surface area contributed by atoms with Crippen LogP contribution in [0.5, 0.6) is 0 Å². The molecule has 1 aromatic rings. The van der Waals surface area contributed by atoms with Crippen molar-refractivity contribution in [3.05, 3.63) is 53.8 Å². The van der Waals surface area contributed by atoms with E-state index in [0.717, 1.165) is 5.56 Å². The molecule has 1 aliphatic carbocycles. The fourth-order valence-electron chi connectivity index (χ4n) is 2.21. The van der Waals surface area contributed by atoms with Gasteiger partial charge in [0.05, 0.1) is 7.11 Å². The van der Waals surface area contributed by atoms with E-state index in [4.69, 9.17) is 4.74 Å². The predicted molar refractivity (Wildman–Crippen MR) is 74.4 cm³/mol. The predicted octanol–water partition coefficient (Wildman–Crippen LogP) is 2.71. The highest BCUT2D eigenvalue weighted by atomic mass is 16.5. The summed E-state index contributed by atoms with van der Waals surface area (Å²) < 4.78 is 5.14. The van der Waals surface area contributed by atoms with Gasteiger partial charge in [0.2, 0.25) is 0 Å². The molecule has 0 aliphatic heterocycles. The zero-order valence-corrected chi connectivity index (χ0v) is 11.0. The number of allylic oxidation sites excluding steroid dienone is 1. The lowest BCUT2D eigenvalue weighted by Crippen LogP contribution is -2.35. The van der Waals surface area contributed by atoms with Crippen molar-refractivity contribution in [2.75, 3.05) is 7.11 Å². The molecule has 3 heteroatoms. The molecule has 0 fully saturated rings.